The lowest BCUT2D eigenvalue weighted by molar-refractivity contribution is -0.141. The minimum absolute atomic E-state index is 0.134. The summed E-state index contributed by atoms with van der Waals surface area (Å²) in [4.78, 5) is 31.4. The van der Waals surface area contributed by atoms with Gasteiger partial charge in [0.2, 0.25) is 11.8 Å². The lowest BCUT2D eigenvalue weighted by Gasteiger charge is -2.43. The molecule has 1 aromatic heterocycles. The Morgan fingerprint density at radius 3 is 2.58 bits per heavy atom. The van der Waals surface area contributed by atoms with Gasteiger partial charge in [0.15, 0.2) is 0 Å². The Balaban J connectivity index is 1.49. The Morgan fingerprint density at radius 1 is 1.06 bits per heavy atom. The van der Waals surface area contributed by atoms with Gasteiger partial charge in [0.1, 0.15) is 5.75 Å². The molecule has 0 saturated carbocycles. The third-order valence-electron chi connectivity index (χ3n) is 6.83. The molecule has 0 aliphatic carbocycles. The molecule has 3 heterocycles. The van der Waals surface area contributed by atoms with E-state index in [-0.39, 0.29) is 17.2 Å². The van der Waals surface area contributed by atoms with Crippen LogP contribution in [-0.2, 0) is 16.0 Å². The van der Waals surface area contributed by atoms with Gasteiger partial charge >= 0.3 is 0 Å². The number of carbonyl (C=O) groups excluding carboxylic acids is 2. The minimum Gasteiger partial charge on any atom is -0.493 e. The zero-order chi connectivity index (χ0) is 23.3. The van der Waals surface area contributed by atoms with E-state index < -0.39 is 0 Å². The first-order chi connectivity index (χ1) is 15.9. The third-order valence-corrected chi connectivity index (χ3v) is 8.13. The van der Waals surface area contributed by atoms with E-state index in [1.165, 1.54) is 6.42 Å². The number of thiophene rings is 1. The summed E-state index contributed by atoms with van der Waals surface area (Å²) < 4.78 is 6.24. The highest BCUT2D eigenvalue weighted by atomic mass is 35.5. The molecule has 4 rings (SSSR count). The zero-order valence-corrected chi connectivity index (χ0v) is 20.9. The van der Waals surface area contributed by atoms with Crippen LogP contribution in [0.1, 0.15) is 49.0 Å². The van der Waals surface area contributed by atoms with Gasteiger partial charge in [-0.25, -0.2) is 0 Å². The van der Waals surface area contributed by atoms with Crippen molar-refractivity contribution in [1.29, 1.82) is 0 Å². The first-order valence-electron chi connectivity index (χ1n) is 11.9. The highest BCUT2D eigenvalue weighted by molar-refractivity contribution is 7.10. The summed E-state index contributed by atoms with van der Waals surface area (Å²) in [5.41, 5.74) is 0.579. The first kappa shape index (κ1) is 24.1. The second kappa shape index (κ2) is 10.9. The van der Waals surface area contributed by atoms with Crippen molar-refractivity contribution in [1.82, 2.24) is 9.80 Å². The summed E-state index contributed by atoms with van der Waals surface area (Å²) in [6.45, 7) is 5.35. The van der Waals surface area contributed by atoms with Gasteiger partial charge in [-0.1, -0.05) is 17.7 Å². The molecule has 0 bridgehead atoms. The van der Waals surface area contributed by atoms with Gasteiger partial charge in [-0.05, 0) is 74.2 Å². The number of rotatable bonds is 7. The highest BCUT2D eigenvalue weighted by Gasteiger charge is 2.41. The van der Waals surface area contributed by atoms with Gasteiger partial charge in [0.05, 0.1) is 13.0 Å². The second-order valence-electron chi connectivity index (χ2n) is 9.49. The van der Waals surface area contributed by atoms with E-state index in [0.717, 1.165) is 61.5 Å². The highest BCUT2D eigenvalue weighted by Crippen LogP contribution is 2.36. The van der Waals surface area contributed by atoms with Crippen LogP contribution in [0.3, 0.4) is 0 Å². The molecule has 0 N–H and O–H groups in total. The van der Waals surface area contributed by atoms with Crippen LogP contribution < -0.4 is 4.74 Å². The average Bonchev–Trinajstić information content (AvgIpc) is 3.34. The van der Waals surface area contributed by atoms with E-state index >= 15 is 0 Å². The van der Waals surface area contributed by atoms with Crippen LogP contribution in [0.2, 0.25) is 5.02 Å². The predicted octanol–water partition coefficient (Wildman–Crippen LogP) is 5.34. The van der Waals surface area contributed by atoms with Gasteiger partial charge in [-0.3, -0.25) is 9.59 Å². The van der Waals surface area contributed by atoms with Crippen molar-refractivity contribution in [2.75, 3.05) is 32.8 Å². The topological polar surface area (TPSA) is 49.9 Å². The summed E-state index contributed by atoms with van der Waals surface area (Å²) in [6.07, 6.45) is 5.94. The maximum atomic E-state index is 13.3. The number of likely N-dealkylation sites (tertiary alicyclic amines) is 2. The van der Waals surface area contributed by atoms with Gasteiger partial charge in [0.25, 0.3) is 0 Å². The van der Waals surface area contributed by atoms with Gasteiger partial charge in [0, 0.05) is 47.9 Å². The van der Waals surface area contributed by atoms with E-state index in [0.29, 0.717) is 31.0 Å². The van der Waals surface area contributed by atoms with Gasteiger partial charge in [-0.15, -0.1) is 11.3 Å². The number of carbonyl (C=O) groups is 2. The zero-order valence-electron chi connectivity index (χ0n) is 19.4. The van der Waals surface area contributed by atoms with Crippen LogP contribution >= 0.6 is 22.9 Å². The Labute approximate surface area is 205 Å². The van der Waals surface area contributed by atoms with Crippen molar-refractivity contribution in [2.24, 2.45) is 5.41 Å². The van der Waals surface area contributed by atoms with E-state index in [1.807, 2.05) is 52.4 Å². The molecule has 2 amide bonds. The van der Waals surface area contributed by atoms with E-state index in [1.54, 1.807) is 11.3 Å². The summed E-state index contributed by atoms with van der Waals surface area (Å²) in [5, 5.41) is 2.71. The predicted molar refractivity (Wildman–Crippen MR) is 133 cm³/mol. The fraction of sp³-hybridized carbons (Fsp3) is 0.538. The molecule has 1 atom stereocenters. The van der Waals surface area contributed by atoms with Crippen LogP contribution in [0, 0.1) is 12.3 Å². The summed E-state index contributed by atoms with van der Waals surface area (Å²) in [6, 6.07) is 9.64. The Hall–Kier alpha value is -2.05. The lowest BCUT2D eigenvalue weighted by atomic mass is 9.77. The quantitative estimate of drug-likeness (QED) is 0.528. The maximum absolute atomic E-state index is 13.3. The Bertz CT molecular complexity index is 958. The molecular weight excluding hydrogens is 456 g/mol. The van der Waals surface area contributed by atoms with Crippen molar-refractivity contribution >= 4 is 34.8 Å². The molecule has 7 heteroatoms. The number of ether oxygens (including phenoxy) is 1. The fourth-order valence-electron chi connectivity index (χ4n) is 4.93. The molecule has 5 nitrogen and oxygen atoms in total. The maximum Gasteiger partial charge on any atom is 0.227 e. The largest absolute Gasteiger partial charge is 0.493 e. The molecule has 2 saturated heterocycles. The summed E-state index contributed by atoms with van der Waals surface area (Å²) in [7, 11) is 0. The normalized spacial score (nSPS) is 21.2. The van der Waals surface area contributed by atoms with E-state index in [9.17, 15) is 9.59 Å². The molecular formula is C26H33ClN2O3S. The molecule has 0 radical (unpaired) electrons. The SMILES string of the molecule is Cc1cc(OC[C@@]2(CC(=O)N3CCCCC3)CCCN(C(=O)Cc3cccs3)C2)ccc1Cl. The molecule has 2 aliphatic heterocycles. The smallest absolute Gasteiger partial charge is 0.227 e. The molecule has 2 aliphatic rings. The number of hydrogen-bond donors (Lipinski definition) is 0. The van der Waals surface area contributed by atoms with Crippen LogP contribution in [0.25, 0.3) is 0 Å². The van der Waals surface area contributed by atoms with Crippen molar-refractivity contribution in [2.45, 2.75) is 51.9 Å². The molecule has 178 valence electrons. The van der Waals surface area contributed by atoms with Gasteiger partial charge < -0.3 is 14.5 Å². The van der Waals surface area contributed by atoms with Crippen molar-refractivity contribution in [3.05, 3.63) is 51.2 Å². The fourth-order valence-corrected chi connectivity index (χ4v) is 5.74. The number of piperidine rings is 2. The molecule has 1 aromatic carbocycles. The molecule has 2 fully saturated rings. The molecule has 33 heavy (non-hydrogen) atoms. The molecule has 2 aromatic rings. The number of amides is 2. The number of aryl methyl sites for hydroxylation is 1. The first-order valence-corrected chi connectivity index (χ1v) is 13.2. The number of nitrogens with zero attached hydrogens (tertiary/aromatic N) is 2. The summed E-state index contributed by atoms with van der Waals surface area (Å²) in [5.74, 6) is 1.08. The third kappa shape index (κ3) is 6.30. The van der Waals surface area contributed by atoms with E-state index in [2.05, 4.69) is 0 Å². The van der Waals surface area contributed by atoms with Crippen molar-refractivity contribution in [3.63, 3.8) is 0 Å². The van der Waals surface area contributed by atoms with Gasteiger partial charge in [-0.2, -0.15) is 0 Å². The Morgan fingerprint density at radius 2 is 1.85 bits per heavy atom. The van der Waals surface area contributed by atoms with Crippen LogP contribution in [0.4, 0.5) is 0 Å². The van der Waals surface area contributed by atoms with E-state index in [4.69, 9.17) is 16.3 Å². The van der Waals surface area contributed by atoms with Crippen LogP contribution in [0.5, 0.6) is 5.75 Å². The number of halogens is 1. The number of benzene rings is 1. The lowest BCUT2D eigenvalue weighted by Crippen LogP contribution is -2.51. The second-order valence-corrected chi connectivity index (χ2v) is 10.9. The summed E-state index contributed by atoms with van der Waals surface area (Å²) >= 11 is 7.79. The average molecular weight is 489 g/mol. The number of hydrogen-bond acceptors (Lipinski definition) is 4. The standard InChI is InChI=1S/C26H33ClN2O3S/c1-20-15-21(8-9-23(20)27)32-19-26(17-25(31)28-11-3-2-4-12-28)10-6-13-29(18-26)24(30)16-22-7-5-14-33-22/h5,7-9,14-15H,2-4,6,10-13,16-19H2,1H3/t26-/m1/s1. The van der Waals surface area contributed by atoms with Crippen molar-refractivity contribution < 1.29 is 14.3 Å². The molecule has 0 spiro atoms. The molecule has 0 unspecified atom stereocenters. The Kier molecular flexibility index (Phi) is 7.97. The van der Waals surface area contributed by atoms with Crippen LogP contribution in [0.15, 0.2) is 35.7 Å². The van der Waals surface area contributed by atoms with Crippen LogP contribution in [-0.4, -0.2) is 54.4 Å². The monoisotopic (exact) mass is 488 g/mol. The minimum atomic E-state index is -0.384. The van der Waals surface area contributed by atoms with Crippen molar-refractivity contribution in [3.8, 4) is 5.75 Å².